The number of hydrogen-bond donors (Lipinski definition) is 0. The fourth-order valence-electron chi connectivity index (χ4n) is 2.01. The van der Waals surface area contributed by atoms with Gasteiger partial charge in [-0.05, 0) is 12.8 Å². The van der Waals surface area contributed by atoms with Crippen molar-refractivity contribution in [3.8, 4) is 0 Å². The van der Waals surface area contributed by atoms with E-state index < -0.39 is 0 Å². The average molecular weight is 214 g/mol. The molecule has 0 atom stereocenters. The van der Waals surface area contributed by atoms with Gasteiger partial charge in [0.25, 0.3) is 0 Å². The molecule has 15 heavy (non-hydrogen) atoms. The van der Waals surface area contributed by atoms with Crippen LogP contribution >= 0.6 is 0 Å². The zero-order valence-corrected chi connectivity index (χ0v) is 10.0. The second kappa shape index (κ2) is 6.08. The lowest BCUT2D eigenvalue weighted by molar-refractivity contribution is -0.130. The van der Waals surface area contributed by atoms with Crippen LogP contribution in [0.15, 0.2) is 0 Å². The van der Waals surface area contributed by atoms with E-state index >= 15 is 0 Å². The molecule has 0 aromatic rings. The molecule has 1 aliphatic heterocycles. The molecule has 1 saturated heterocycles. The first-order valence-electron chi connectivity index (χ1n) is 5.60. The summed E-state index contributed by atoms with van der Waals surface area (Å²) in [4.78, 5) is 15.5. The van der Waals surface area contributed by atoms with E-state index in [0.717, 1.165) is 39.1 Å². The molecule has 1 fully saturated rings. The number of amides is 1. The third kappa shape index (κ3) is 3.80. The maximum atomic E-state index is 11.2. The molecule has 88 valence electrons. The van der Waals surface area contributed by atoms with Gasteiger partial charge in [-0.1, -0.05) is 0 Å². The Hall–Kier alpha value is -0.610. The zero-order chi connectivity index (χ0) is 11.3. The van der Waals surface area contributed by atoms with E-state index in [1.165, 1.54) is 0 Å². The highest BCUT2D eigenvalue weighted by Gasteiger charge is 2.23. The van der Waals surface area contributed by atoms with Crippen molar-refractivity contribution in [2.75, 3.05) is 40.4 Å². The second-order valence-electron chi connectivity index (χ2n) is 4.20. The molecule has 0 N–H and O–H groups in total. The van der Waals surface area contributed by atoms with Gasteiger partial charge in [-0.3, -0.25) is 4.79 Å². The summed E-state index contributed by atoms with van der Waals surface area (Å²) in [6.07, 6.45) is 2.17. The van der Waals surface area contributed by atoms with Crippen LogP contribution in [0.3, 0.4) is 0 Å². The molecule has 4 nitrogen and oxygen atoms in total. The lowest BCUT2D eigenvalue weighted by Crippen LogP contribution is -2.45. The van der Waals surface area contributed by atoms with Gasteiger partial charge >= 0.3 is 0 Å². The molecule has 1 aliphatic rings. The molecular weight excluding hydrogens is 192 g/mol. The van der Waals surface area contributed by atoms with Gasteiger partial charge in [0.2, 0.25) is 5.91 Å². The maximum Gasteiger partial charge on any atom is 0.219 e. The second-order valence-corrected chi connectivity index (χ2v) is 4.20. The van der Waals surface area contributed by atoms with Crippen molar-refractivity contribution >= 4 is 5.91 Å². The first-order chi connectivity index (χ1) is 7.15. The highest BCUT2D eigenvalue weighted by atomic mass is 16.5. The average Bonchev–Trinajstić information content (AvgIpc) is 2.26. The van der Waals surface area contributed by atoms with Crippen LogP contribution in [0.5, 0.6) is 0 Å². The van der Waals surface area contributed by atoms with Crippen LogP contribution in [-0.4, -0.2) is 62.1 Å². The number of methoxy groups -OCH3 is 1. The number of ether oxygens (including phenoxy) is 1. The molecule has 0 saturated carbocycles. The molecule has 1 rings (SSSR count). The fourth-order valence-corrected chi connectivity index (χ4v) is 2.01. The van der Waals surface area contributed by atoms with Crippen LogP contribution in [0.2, 0.25) is 0 Å². The van der Waals surface area contributed by atoms with Gasteiger partial charge in [-0.2, -0.15) is 0 Å². The Morgan fingerprint density at radius 3 is 2.53 bits per heavy atom. The number of hydrogen-bond acceptors (Lipinski definition) is 3. The van der Waals surface area contributed by atoms with E-state index in [9.17, 15) is 4.79 Å². The highest BCUT2D eigenvalue weighted by Crippen LogP contribution is 2.14. The molecule has 0 radical (unpaired) electrons. The maximum absolute atomic E-state index is 11.2. The predicted molar refractivity (Wildman–Crippen MR) is 59.8 cm³/mol. The van der Waals surface area contributed by atoms with Gasteiger partial charge in [0.15, 0.2) is 0 Å². The van der Waals surface area contributed by atoms with Crippen LogP contribution < -0.4 is 0 Å². The van der Waals surface area contributed by atoms with Crippen molar-refractivity contribution in [1.29, 1.82) is 0 Å². The molecule has 0 aromatic heterocycles. The van der Waals surface area contributed by atoms with E-state index in [-0.39, 0.29) is 5.91 Å². The Balaban J connectivity index is 2.26. The molecule has 0 aromatic carbocycles. The number of rotatable bonds is 4. The minimum absolute atomic E-state index is 0.172. The summed E-state index contributed by atoms with van der Waals surface area (Å²) in [5.74, 6) is 0.172. The van der Waals surface area contributed by atoms with Crippen molar-refractivity contribution < 1.29 is 9.53 Å². The van der Waals surface area contributed by atoms with Gasteiger partial charge in [-0.15, -0.1) is 0 Å². The standard InChI is InChI=1S/C11H22N2O2/c1-10(14)12(2)11-4-6-13(7-5-11)8-9-15-3/h11H,4-9H2,1-3H3. The molecular formula is C11H22N2O2. The van der Waals surface area contributed by atoms with E-state index in [1.54, 1.807) is 14.0 Å². The lowest BCUT2D eigenvalue weighted by atomic mass is 10.0. The van der Waals surface area contributed by atoms with Gasteiger partial charge < -0.3 is 14.5 Å². The Labute approximate surface area is 92.2 Å². The van der Waals surface area contributed by atoms with Crippen molar-refractivity contribution in [3.05, 3.63) is 0 Å². The highest BCUT2D eigenvalue weighted by molar-refractivity contribution is 5.73. The van der Waals surface area contributed by atoms with Crippen LogP contribution in [0.25, 0.3) is 0 Å². The Kier molecular flexibility index (Phi) is 5.05. The fraction of sp³-hybridized carbons (Fsp3) is 0.909. The van der Waals surface area contributed by atoms with Gasteiger partial charge in [0.1, 0.15) is 0 Å². The van der Waals surface area contributed by atoms with Crippen molar-refractivity contribution in [3.63, 3.8) is 0 Å². The van der Waals surface area contributed by atoms with E-state index in [4.69, 9.17) is 4.74 Å². The smallest absolute Gasteiger partial charge is 0.219 e. The first-order valence-corrected chi connectivity index (χ1v) is 5.60. The summed E-state index contributed by atoms with van der Waals surface area (Å²) in [6.45, 7) is 5.59. The number of carbonyl (C=O) groups excluding carboxylic acids is 1. The summed E-state index contributed by atoms with van der Waals surface area (Å²) in [5.41, 5.74) is 0. The Morgan fingerprint density at radius 2 is 2.07 bits per heavy atom. The minimum Gasteiger partial charge on any atom is -0.383 e. The Bertz CT molecular complexity index is 201. The SMILES string of the molecule is COCCN1CCC(N(C)C(C)=O)CC1. The third-order valence-electron chi connectivity index (χ3n) is 3.21. The van der Waals surface area contributed by atoms with Crippen molar-refractivity contribution in [1.82, 2.24) is 9.80 Å². The van der Waals surface area contributed by atoms with Crippen LogP contribution in [-0.2, 0) is 9.53 Å². The number of carbonyl (C=O) groups is 1. The van der Waals surface area contributed by atoms with Crippen molar-refractivity contribution in [2.45, 2.75) is 25.8 Å². The normalized spacial score (nSPS) is 19.1. The van der Waals surface area contributed by atoms with Gasteiger partial charge in [0.05, 0.1) is 6.61 Å². The molecule has 1 amide bonds. The summed E-state index contributed by atoms with van der Waals surface area (Å²) < 4.78 is 5.05. The third-order valence-corrected chi connectivity index (χ3v) is 3.21. The number of piperidine rings is 1. The topological polar surface area (TPSA) is 32.8 Å². The largest absolute Gasteiger partial charge is 0.383 e. The zero-order valence-electron chi connectivity index (χ0n) is 10.0. The molecule has 1 heterocycles. The molecule has 0 spiro atoms. The number of likely N-dealkylation sites (tertiary alicyclic amines) is 1. The monoisotopic (exact) mass is 214 g/mol. The Morgan fingerprint density at radius 1 is 1.47 bits per heavy atom. The lowest BCUT2D eigenvalue weighted by Gasteiger charge is -2.36. The first kappa shape index (κ1) is 12.5. The van der Waals surface area contributed by atoms with E-state index in [0.29, 0.717) is 6.04 Å². The van der Waals surface area contributed by atoms with Gasteiger partial charge in [-0.25, -0.2) is 0 Å². The van der Waals surface area contributed by atoms with E-state index in [1.807, 2.05) is 11.9 Å². The quantitative estimate of drug-likeness (QED) is 0.686. The number of nitrogens with zero attached hydrogens (tertiary/aromatic N) is 2. The summed E-state index contributed by atoms with van der Waals surface area (Å²) in [7, 11) is 3.63. The van der Waals surface area contributed by atoms with Crippen LogP contribution in [0.1, 0.15) is 19.8 Å². The van der Waals surface area contributed by atoms with E-state index in [2.05, 4.69) is 4.90 Å². The summed E-state index contributed by atoms with van der Waals surface area (Å²) in [6, 6.07) is 0.432. The summed E-state index contributed by atoms with van der Waals surface area (Å²) >= 11 is 0. The summed E-state index contributed by atoms with van der Waals surface area (Å²) in [5, 5.41) is 0. The van der Waals surface area contributed by atoms with Crippen LogP contribution in [0.4, 0.5) is 0 Å². The van der Waals surface area contributed by atoms with Gasteiger partial charge in [0, 0.05) is 46.8 Å². The molecule has 4 heteroatoms. The molecule has 0 bridgehead atoms. The minimum atomic E-state index is 0.172. The molecule has 0 aliphatic carbocycles. The van der Waals surface area contributed by atoms with Crippen molar-refractivity contribution in [2.24, 2.45) is 0 Å². The predicted octanol–water partition coefficient (Wildman–Crippen LogP) is 0.575. The van der Waals surface area contributed by atoms with Crippen LogP contribution in [0, 0.1) is 0 Å². The molecule has 0 unspecified atom stereocenters.